The van der Waals surface area contributed by atoms with Gasteiger partial charge in [-0.05, 0) is 98.8 Å². The average molecular weight is 527 g/mol. The molecule has 196 valence electrons. The van der Waals surface area contributed by atoms with Crippen molar-refractivity contribution in [2.75, 3.05) is 13.2 Å². The van der Waals surface area contributed by atoms with Crippen LogP contribution in [0.4, 0.5) is 0 Å². The predicted molar refractivity (Wildman–Crippen MR) is 153 cm³/mol. The molecule has 0 bridgehead atoms. The van der Waals surface area contributed by atoms with Gasteiger partial charge in [0, 0.05) is 0 Å². The molecule has 2 aromatic rings. The van der Waals surface area contributed by atoms with Crippen molar-refractivity contribution in [1.29, 1.82) is 0 Å². The van der Waals surface area contributed by atoms with Crippen LogP contribution in [-0.4, -0.2) is 35.8 Å². The lowest BCUT2D eigenvalue weighted by Crippen LogP contribution is -2.45. The smallest absolute Gasteiger partial charge is 0.343 e. The fraction of sp³-hybridized carbons (Fsp3) is 0.414. The van der Waals surface area contributed by atoms with Crippen molar-refractivity contribution in [2.45, 2.75) is 64.8 Å². The first-order valence-corrected chi connectivity index (χ1v) is 18.8. The molecule has 0 saturated carbocycles. The highest BCUT2D eigenvalue weighted by atomic mass is 28.4. The average Bonchev–Trinajstić information content (AvgIpc) is 2.84. The molecule has 5 nitrogen and oxygen atoms in total. The molecule has 0 spiro atoms. The number of esters is 1. The molecule has 0 aromatic heterocycles. The molecule has 2 rings (SSSR count). The zero-order valence-electron chi connectivity index (χ0n) is 22.6. The van der Waals surface area contributed by atoms with Gasteiger partial charge < -0.3 is 18.3 Å². The van der Waals surface area contributed by atoms with Crippen molar-refractivity contribution < 1.29 is 23.1 Å². The third kappa shape index (κ3) is 10.2. The Hall–Kier alpha value is -2.62. The quantitative estimate of drug-likeness (QED) is 0.0730. The minimum absolute atomic E-state index is 0.407. The highest BCUT2D eigenvalue weighted by molar-refractivity contribution is 6.89. The molecule has 0 atom stereocenters. The first-order chi connectivity index (χ1) is 17.1. The number of carbonyl (C=O) groups excluding carboxylic acids is 1. The summed E-state index contributed by atoms with van der Waals surface area (Å²) in [5.74, 6) is 1.58. The lowest BCUT2D eigenvalue weighted by Gasteiger charge is -2.34. The number of carbonyl (C=O) groups is 1. The number of hydrogen-bond acceptors (Lipinski definition) is 5. The van der Waals surface area contributed by atoms with Gasteiger partial charge in [0.15, 0.2) is 8.32 Å². The third-order valence-corrected chi connectivity index (χ3v) is 13.4. The Morgan fingerprint density at radius 3 is 1.92 bits per heavy atom. The summed E-state index contributed by atoms with van der Waals surface area (Å²) < 4.78 is 23.6. The van der Waals surface area contributed by atoms with Gasteiger partial charge in [0.1, 0.15) is 17.2 Å². The van der Waals surface area contributed by atoms with Crippen molar-refractivity contribution in [1.82, 2.24) is 0 Å². The molecule has 0 unspecified atom stereocenters. The van der Waals surface area contributed by atoms with Crippen molar-refractivity contribution >= 4 is 22.6 Å². The zero-order chi connectivity index (χ0) is 26.6. The third-order valence-electron chi connectivity index (χ3n) is 5.88. The molecule has 0 amide bonds. The van der Waals surface area contributed by atoms with E-state index in [0.717, 1.165) is 48.4 Å². The van der Waals surface area contributed by atoms with Gasteiger partial charge in [-0.2, -0.15) is 0 Å². The number of allylic oxidation sites excluding steroid dienone is 2. The maximum absolute atomic E-state index is 12.5. The summed E-state index contributed by atoms with van der Waals surface area (Å²) in [6.07, 6.45) is 6.08. The van der Waals surface area contributed by atoms with Gasteiger partial charge in [-0.25, -0.2) is 4.79 Å². The molecule has 0 aliphatic heterocycles. The van der Waals surface area contributed by atoms with Crippen molar-refractivity contribution in [3.8, 4) is 17.2 Å². The molecule has 0 aliphatic carbocycles. The van der Waals surface area contributed by atoms with Crippen LogP contribution in [0, 0.1) is 0 Å². The maximum atomic E-state index is 12.5. The van der Waals surface area contributed by atoms with Gasteiger partial charge in [-0.3, -0.25) is 0 Å². The number of rotatable bonds is 16. The topological polar surface area (TPSA) is 54.0 Å². The molecule has 0 heterocycles. The van der Waals surface area contributed by atoms with E-state index in [-0.39, 0.29) is 0 Å². The van der Waals surface area contributed by atoms with Crippen LogP contribution in [0.5, 0.6) is 17.2 Å². The summed E-state index contributed by atoms with van der Waals surface area (Å²) in [5.41, 5.74) is 0.471. The SMILES string of the molecule is C=CC(=C)[Si](C)(C)O[Si](C)(C)CCCOc1ccc(C(=O)Oc2ccc(OCCCCC)cc2)cc1. The predicted octanol–water partition coefficient (Wildman–Crippen LogP) is 7.95. The largest absolute Gasteiger partial charge is 0.494 e. The zero-order valence-corrected chi connectivity index (χ0v) is 24.6. The van der Waals surface area contributed by atoms with E-state index in [1.54, 1.807) is 36.4 Å². The lowest BCUT2D eigenvalue weighted by molar-refractivity contribution is 0.0734. The Labute approximate surface area is 219 Å². The molecule has 0 N–H and O–H groups in total. The number of hydrogen-bond donors (Lipinski definition) is 0. The molecule has 0 aliphatic rings. The number of benzene rings is 2. The van der Waals surface area contributed by atoms with Crippen LogP contribution < -0.4 is 14.2 Å². The Morgan fingerprint density at radius 2 is 1.36 bits per heavy atom. The first kappa shape index (κ1) is 29.6. The van der Waals surface area contributed by atoms with E-state index in [4.69, 9.17) is 18.3 Å². The van der Waals surface area contributed by atoms with Crippen LogP contribution in [-0.2, 0) is 4.12 Å². The van der Waals surface area contributed by atoms with E-state index in [0.29, 0.717) is 24.5 Å². The second kappa shape index (κ2) is 14.2. The van der Waals surface area contributed by atoms with Crippen LogP contribution in [0.1, 0.15) is 43.0 Å². The van der Waals surface area contributed by atoms with Gasteiger partial charge in [-0.15, -0.1) is 0 Å². The highest BCUT2D eigenvalue weighted by Crippen LogP contribution is 2.25. The summed E-state index contributed by atoms with van der Waals surface area (Å²) in [6, 6.07) is 15.2. The van der Waals surface area contributed by atoms with Gasteiger partial charge in [0.25, 0.3) is 0 Å². The molecule has 36 heavy (non-hydrogen) atoms. The van der Waals surface area contributed by atoms with Gasteiger partial charge in [0.2, 0.25) is 8.32 Å². The molecule has 0 fully saturated rings. The summed E-state index contributed by atoms with van der Waals surface area (Å²) in [7, 11) is -3.79. The highest BCUT2D eigenvalue weighted by Gasteiger charge is 2.33. The normalized spacial score (nSPS) is 11.6. The Kier molecular flexibility index (Phi) is 11.7. The fourth-order valence-corrected chi connectivity index (χ4v) is 11.7. The van der Waals surface area contributed by atoms with Crippen LogP contribution in [0.15, 0.2) is 73.0 Å². The second-order valence-corrected chi connectivity index (χ2v) is 18.5. The second-order valence-electron chi connectivity index (χ2n) is 9.99. The molecule has 7 heteroatoms. The van der Waals surface area contributed by atoms with E-state index in [1.165, 1.54) is 0 Å². The van der Waals surface area contributed by atoms with Crippen molar-refractivity contribution in [3.05, 3.63) is 78.5 Å². The van der Waals surface area contributed by atoms with Crippen molar-refractivity contribution in [3.63, 3.8) is 0 Å². The maximum Gasteiger partial charge on any atom is 0.343 e. The van der Waals surface area contributed by atoms with Crippen molar-refractivity contribution in [2.24, 2.45) is 0 Å². The number of ether oxygens (including phenoxy) is 3. The molecule has 2 aromatic carbocycles. The van der Waals surface area contributed by atoms with Gasteiger partial charge >= 0.3 is 5.97 Å². The van der Waals surface area contributed by atoms with Gasteiger partial charge in [-0.1, -0.05) is 39.0 Å². The molecular weight excluding hydrogens is 484 g/mol. The standard InChI is InChI=1S/C29H42O5Si2/c1-8-10-11-21-31-27-17-19-28(20-18-27)33-29(30)25-13-15-26(16-14-25)32-22-12-23-35(4,5)34-36(6,7)24(3)9-2/h9,13-20H,2-3,8,10-12,21-23H2,1,4-7H3. The summed E-state index contributed by atoms with van der Waals surface area (Å²) in [4.78, 5) is 12.5. The monoisotopic (exact) mass is 526 g/mol. The van der Waals surface area contributed by atoms with E-state index >= 15 is 0 Å². The summed E-state index contributed by atoms with van der Waals surface area (Å²) in [5, 5.41) is 1.03. The van der Waals surface area contributed by atoms with E-state index in [2.05, 4.69) is 46.3 Å². The van der Waals surface area contributed by atoms with E-state index in [1.807, 2.05) is 18.2 Å². The molecule has 0 radical (unpaired) electrons. The summed E-state index contributed by atoms with van der Waals surface area (Å²) in [6.45, 7) is 20.2. The Bertz CT molecular complexity index is 982. The Balaban J connectivity index is 1.77. The molecule has 0 saturated heterocycles. The van der Waals surface area contributed by atoms with Crippen LogP contribution in [0.3, 0.4) is 0 Å². The lowest BCUT2D eigenvalue weighted by atomic mass is 10.2. The minimum Gasteiger partial charge on any atom is -0.494 e. The van der Waals surface area contributed by atoms with Crippen LogP contribution >= 0.6 is 0 Å². The van der Waals surface area contributed by atoms with Gasteiger partial charge in [0.05, 0.1) is 18.8 Å². The summed E-state index contributed by atoms with van der Waals surface area (Å²) >= 11 is 0. The van der Waals surface area contributed by atoms with E-state index < -0.39 is 22.6 Å². The fourth-order valence-electron chi connectivity index (χ4n) is 3.74. The van der Waals surface area contributed by atoms with Crippen LogP contribution in [0.2, 0.25) is 32.2 Å². The first-order valence-electron chi connectivity index (χ1n) is 12.8. The minimum atomic E-state index is -1.96. The number of unbranched alkanes of at least 4 members (excludes halogenated alkanes) is 2. The molecular formula is C29H42O5Si2. The Morgan fingerprint density at radius 1 is 0.833 bits per heavy atom. The van der Waals surface area contributed by atoms with E-state index in [9.17, 15) is 4.79 Å². The van der Waals surface area contributed by atoms with Crippen LogP contribution in [0.25, 0.3) is 0 Å².